The van der Waals surface area contributed by atoms with Crippen molar-refractivity contribution in [2.24, 2.45) is 0 Å². The number of hydrogen-bond acceptors (Lipinski definition) is 5. The Morgan fingerprint density at radius 3 is 2.13 bits per heavy atom. The molecule has 0 fully saturated rings. The number of ketones is 1. The van der Waals surface area contributed by atoms with E-state index in [1.807, 2.05) is 0 Å². The highest BCUT2D eigenvalue weighted by Gasteiger charge is 2.24. The highest BCUT2D eigenvalue weighted by molar-refractivity contribution is 7.90. The van der Waals surface area contributed by atoms with Gasteiger partial charge in [-0.3, -0.25) is 4.79 Å². The Morgan fingerprint density at radius 2 is 1.52 bits per heavy atom. The van der Waals surface area contributed by atoms with Crippen LogP contribution >= 0.6 is 0 Å². The number of Topliss-reactive ketones (excluding diaryl/α,β-unsaturated/α-hetero) is 1. The fourth-order valence-corrected chi connectivity index (χ4v) is 2.95. The van der Waals surface area contributed by atoms with Gasteiger partial charge in [0.2, 0.25) is 5.78 Å². The van der Waals surface area contributed by atoms with E-state index in [-0.39, 0.29) is 16.2 Å². The molecule has 1 atom stereocenters. The summed E-state index contributed by atoms with van der Waals surface area (Å²) in [6.07, 6.45) is -0.00462. The minimum atomic E-state index is -3.57. The van der Waals surface area contributed by atoms with E-state index in [0.717, 1.165) is 6.26 Å². The summed E-state index contributed by atoms with van der Waals surface area (Å²) in [5.41, 5.74) is 0.340. The second-order valence-electron chi connectivity index (χ2n) is 5.05. The lowest BCUT2D eigenvalue weighted by Gasteiger charge is -2.13. The number of rotatable bonds is 5. The molecule has 2 aromatic carbocycles. The van der Waals surface area contributed by atoms with Crippen LogP contribution in [0.25, 0.3) is 0 Å². The molecule has 0 aliphatic carbocycles. The third-order valence-electron chi connectivity index (χ3n) is 3.22. The Balaban J connectivity index is 2.22. The van der Waals surface area contributed by atoms with Gasteiger partial charge in [-0.2, -0.15) is 0 Å². The maximum absolute atomic E-state index is 12.2. The van der Waals surface area contributed by atoms with Crippen molar-refractivity contribution < 1.29 is 22.7 Å². The van der Waals surface area contributed by atoms with Crippen LogP contribution in [0.15, 0.2) is 59.5 Å². The Hall–Kier alpha value is -2.47. The van der Waals surface area contributed by atoms with Crippen molar-refractivity contribution in [3.63, 3.8) is 0 Å². The van der Waals surface area contributed by atoms with E-state index < -0.39 is 21.9 Å². The first kappa shape index (κ1) is 16.9. The molecule has 0 spiro atoms. The van der Waals surface area contributed by atoms with Crippen LogP contribution in [0, 0.1) is 0 Å². The fraction of sp³-hybridized carbons (Fsp3) is 0.176. The van der Waals surface area contributed by atoms with Crippen molar-refractivity contribution >= 4 is 21.6 Å². The summed E-state index contributed by atoms with van der Waals surface area (Å²) >= 11 is 0. The number of ether oxygens (including phenoxy) is 1. The Morgan fingerprint density at radius 1 is 0.957 bits per heavy atom. The average molecular weight is 332 g/mol. The van der Waals surface area contributed by atoms with Gasteiger partial charge in [0, 0.05) is 11.8 Å². The second kappa shape index (κ2) is 6.75. The lowest BCUT2D eigenvalue weighted by Crippen LogP contribution is -2.25. The van der Waals surface area contributed by atoms with Gasteiger partial charge in [-0.05, 0) is 19.1 Å². The van der Waals surface area contributed by atoms with Gasteiger partial charge < -0.3 is 4.74 Å². The predicted molar refractivity (Wildman–Crippen MR) is 85.2 cm³/mol. The second-order valence-corrected chi connectivity index (χ2v) is 7.03. The van der Waals surface area contributed by atoms with E-state index in [0.29, 0.717) is 5.56 Å². The molecule has 0 bridgehead atoms. The van der Waals surface area contributed by atoms with Gasteiger partial charge in [-0.25, -0.2) is 13.2 Å². The molecule has 2 aromatic rings. The number of sulfone groups is 1. The molecule has 0 amide bonds. The van der Waals surface area contributed by atoms with Gasteiger partial charge in [0.25, 0.3) is 0 Å². The molecule has 0 aliphatic rings. The van der Waals surface area contributed by atoms with Crippen molar-refractivity contribution in [3.05, 3.63) is 65.7 Å². The SMILES string of the molecule is C[C@H](OC(=O)c1ccccc1S(C)(=O)=O)C(=O)c1ccccc1. The van der Waals surface area contributed by atoms with E-state index in [2.05, 4.69) is 0 Å². The maximum Gasteiger partial charge on any atom is 0.340 e. The van der Waals surface area contributed by atoms with Crippen LogP contribution in [-0.4, -0.2) is 32.5 Å². The molecule has 6 heteroatoms. The maximum atomic E-state index is 12.2. The molecule has 0 aromatic heterocycles. The first-order valence-corrected chi connectivity index (χ1v) is 8.79. The number of carbonyl (C=O) groups excluding carboxylic acids is 2. The Bertz CT molecular complexity index is 825. The zero-order chi connectivity index (χ0) is 17.0. The van der Waals surface area contributed by atoms with Crippen LogP contribution in [0.3, 0.4) is 0 Å². The van der Waals surface area contributed by atoms with Crippen LogP contribution < -0.4 is 0 Å². The summed E-state index contributed by atoms with van der Waals surface area (Å²) in [6, 6.07) is 14.2. The zero-order valence-electron chi connectivity index (χ0n) is 12.7. The average Bonchev–Trinajstić information content (AvgIpc) is 2.54. The van der Waals surface area contributed by atoms with Crippen molar-refractivity contribution in [2.75, 3.05) is 6.26 Å². The standard InChI is InChI=1S/C17H16O5S/c1-12(16(18)13-8-4-3-5-9-13)22-17(19)14-10-6-7-11-15(14)23(2,20)21/h3-12H,1-2H3/t12-/m0/s1. The molecular formula is C17H16O5S. The van der Waals surface area contributed by atoms with Crippen LogP contribution in [0.5, 0.6) is 0 Å². The van der Waals surface area contributed by atoms with E-state index in [4.69, 9.17) is 4.74 Å². The van der Waals surface area contributed by atoms with Crippen molar-refractivity contribution in [1.29, 1.82) is 0 Å². The Labute approximate surface area is 134 Å². The molecule has 0 unspecified atom stereocenters. The van der Waals surface area contributed by atoms with E-state index >= 15 is 0 Å². The van der Waals surface area contributed by atoms with Gasteiger partial charge in [-0.15, -0.1) is 0 Å². The van der Waals surface area contributed by atoms with Gasteiger partial charge in [0.05, 0.1) is 10.5 Å². The molecule has 120 valence electrons. The number of esters is 1. The lowest BCUT2D eigenvalue weighted by molar-refractivity contribution is 0.0315. The largest absolute Gasteiger partial charge is 0.451 e. The van der Waals surface area contributed by atoms with E-state index in [9.17, 15) is 18.0 Å². The molecule has 0 N–H and O–H groups in total. The number of carbonyl (C=O) groups is 2. The Kier molecular flexibility index (Phi) is 4.95. The summed E-state index contributed by atoms with van der Waals surface area (Å²) in [6.45, 7) is 1.45. The van der Waals surface area contributed by atoms with E-state index in [1.165, 1.54) is 31.2 Å². The smallest absolute Gasteiger partial charge is 0.340 e. The first-order valence-electron chi connectivity index (χ1n) is 6.90. The molecular weight excluding hydrogens is 316 g/mol. The summed E-state index contributed by atoms with van der Waals surface area (Å²) in [5.74, 6) is -1.20. The lowest BCUT2D eigenvalue weighted by atomic mass is 10.1. The first-order chi connectivity index (χ1) is 10.8. The van der Waals surface area contributed by atoms with Crippen molar-refractivity contribution in [3.8, 4) is 0 Å². The van der Waals surface area contributed by atoms with Gasteiger partial charge in [-0.1, -0.05) is 42.5 Å². The normalized spacial score (nSPS) is 12.4. The molecule has 0 saturated carbocycles. The summed E-state index contributed by atoms with van der Waals surface area (Å²) in [4.78, 5) is 24.3. The predicted octanol–water partition coefficient (Wildman–Crippen LogP) is 2.52. The third kappa shape index (κ3) is 4.04. The quantitative estimate of drug-likeness (QED) is 0.621. The highest BCUT2D eigenvalue weighted by atomic mass is 32.2. The summed E-state index contributed by atoms with van der Waals surface area (Å²) in [7, 11) is -3.57. The number of benzene rings is 2. The minimum Gasteiger partial charge on any atom is -0.451 e. The summed E-state index contributed by atoms with van der Waals surface area (Å²) < 4.78 is 28.6. The van der Waals surface area contributed by atoms with Crippen molar-refractivity contribution in [1.82, 2.24) is 0 Å². The third-order valence-corrected chi connectivity index (χ3v) is 4.37. The van der Waals surface area contributed by atoms with Crippen LogP contribution in [-0.2, 0) is 14.6 Å². The molecule has 0 heterocycles. The van der Waals surface area contributed by atoms with Gasteiger partial charge in [0.15, 0.2) is 15.9 Å². The van der Waals surface area contributed by atoms with Gasteiger partial charge in [0.1, 0.15) is 0 Å². The van der Waals surface area contributed by atoms with E-state index in [1.54, 1.807) is 30.3 Å². The molecule has 0 radical (unpaired) electrons. The van der Waals surface area contributed by atoms with Crippen LogP contribution in [0.2, 0.25) is 0 Å². The molecule has 0 saturated heterocycles. The minimum absolute atomic E-state index is 0.0808. The molecule has 5 nitrogen and oxygen atoms in total. The van der Waals surface area contributed by atoms with Crippen molar-refractivity contribution in [2.45, 2.75) is 17.9 Å². The fourth-order valence-electron chi connectivity index (χ4n) is 2.07. The van der Waals surface area contributed by atoms with Crippen LogP contribution in [0.1, 0.15) is 27.6 Å². The summed E-state index contributed by atoms with van der Waals surface area (Å²) in [5, 5.41) is 0. The van der Waals surface area contributed by atoms with Crippen LogP contribution in [0.4, 0.5) is 0 Å². The molecule has 2 rings (SSSR count). The molecule has 0 aliphatic heterocycles. The van der Waals surface area contributed by atoms with Gasteiger partial charge >= 0.3 is 5.97 Å². The number of hydrogen-bond donors (Lipinski definition) is 0. The molecule has 23 heavy (non-hydrogen) atoms. The highest BCUT2D eigenvalue weighted by Crippen LogP contribution is 2.17. The monoisotopic (exact) mass is 332 g/mol. The topological polar surface area (TPSA) is 77.5 Å². The zero-order valence-corrected chi connectivity index (χ0v) is 13.5.